The zero-order valence-electron chi connectivity index (χ0n) is 13.6. The minimum Gasteiger partial charge on any atom is -0.489 e. The standard InChI is InChI=1S/C18H23NO2S/c1-12(2)9-19-18(20)17-8-15(11-22-17)10-21-16-7-13(3)5-6-14(16)4/h5-8,11-12H,9-10H2,1-4H3,(H,19,20). The molecule has 2 aromatic rings. The van der Waals surface area contributed by atoms with Gasteiger partial charge in [0.2, 0.25) is 0 Å². The summed E-state index contributed by atoms with van der Waals surface area (Å²) in [7, 11) is 0. The number of hydrogen-bond acceptors (Lipinski definition) is 3. The smallest absolute Gasteiger partial charge is 0.261 e. The lowest BCUT2D eigenvalue weighted by Crippen LogP contribution is -2.26. The average Bonchev–Trinajstić information content (AvgIpc) is 2.94. The Bertz CT molecular complexity index is 646. The number of aryl methyl sites for hydroxylation is 2. The summed E-state index contributed by atoms with van der Waals surface area (Å²) in [5.41, 5.74) is 3.33. The van der Waals surface area contributed by atoms with Gasteiger partial charge in [-0.2, -0.15) is 0 Å². The van der Waals surface area contributed by atoms with E-state index < -0.39 is 0 Å². The first-order chi connectivity index (χ1) is 10.5. The van der Waals surface area contributed by atoms with E-state index in [2.05, 4.69) is 31.3 Å². The molecule has 1 N–H and O–H groups in total. The van der Waals surface area contributed by atoms with Crippen LogP contribution in [0.15, 0.2) is 29.6 Å². The number of amides is 1. The minimum absolute atomic E-state index is 0.00307. The fraction of sp³-hybridized carbons (Fsp3) is 0.389. The molecule has 0 aliphatic carbocycles. The minimum atomic E-state index is -0.00307. The molecule has 118 valence electrons. The highest BCUT2D eigenvalue weighted by Gasteiger charge is 2.10. The molecule has 0 saturated carbocycles. The summed E-state index contributed by atoms with van der Waals surface area (Å²) in [5, 5.41) is 4.91. The molecule has 0 saturated heterocycles. The number of hydrogen-bond donors (Lipinski definition) is 1. The molecule has 0 unspecified atom stereocenters. The van der Waals surface area contributed by atoms with Crippen LogP contribution in [0, 0.1) is 19.8 Å². The van der Waals surface area contributed by atoms with Crippen molar-refractivity contribution < 1.29 is 9.53 Å². The maximum atomic E-state index is 12.0. The molecule has 2 rings (SSSR count). The second kappa shape index (κ2) is 7.45. The first-order valence-electron chi connectivity index (χ1n) is 7.51. The molecule has 0 aliphatic rings. The Morgan fingerprint density at radius 2 is 2.05 bits per heavy atom. The summed E-state index contributed by atoms with van der Waals surface area (Å²) in [6.45, 7) is 9.43. The lowest BCUT2D eigenvalue weighted by Gasteiger charge is -2.09. The largest absolute Gasteiger partial charge is 0.489 e. The summed E-state index contributed by atoms with van der Waals surface area (Å²) in [5.74, 6) is 1.35. The summed E-state index contributed by atoms with van der Waals surface area (Å²) in [6.07, 6.45) is 0. The second-order valence-corrected chi connectivity index (χ2v) is 6.89. The van der Waals surface area contributed by atoms with Gasteiger partial charge in [-0.15, -0.1) is 11.3 Å². The van der Waals surface area contributed by atoms with E-state index in [0.717, 1.165) is 21.8 Å². The van der Waals surface area contributed by atoms with Gasteiger partial charge in [-0.25, -0.2) is 0 Å². The number of rotatable bonds is 6. The van der Waals surface area contributed by atoms with Gasteiger partial charge in [0.1, 0.15) is 12.4 Å². The van der Waals surface area contributed by atoms with E-state index in [-0.39, 0.29) is 5.91 Å². The normalized spacial score (nSPS) is 10.8. The monoisotopic (exact) mass is 317 g/mol. The van der Waals surface area contributed by atoms with E-state index in [9.17, 15) is 4.79 Å². The van der Waals surface area contributed by atoms with Crippen molar-refractivity contribution in [2.45, 2.75) is 34.3 Å². The van der Waals surface area contributed by atoms with Gasteiger partial charge in [0.15, 0.2) is 0 Å². The van der Waals surface area contributed by atoms with Crippen LogP contribution in [0.3, 0.4) is 0 Å². The van der Waals surface area contributed by atoms with Crippen molar-refractivity contribution in [3.8, 4) is 5.75 Å². The highest BCUT2D eigenvalue weighted by Crippen LogP contribution is 2.22. The van der Waals surface area contributed by atoms with Gasteiger partial charge in [-0.3, -0.25) is 4.79 Å². The van der Waals surface area contributed by atoms with Crippen molar-refractivity contribution >= 4 is 17.2 Å². The van der Waals surface area contributed by atoms with Crippen molar-refractivity contribution in [1.29, 1.82) is 0 Å². The Balaban J connectivity index is 1.94. The van der Waals surface area contributed by atoms with Crippen molar-refractivity contribution in [2.75, 3.05) is 6.54 Å². The number of carbonyl (C=O) groups excluding carboxylic acids is 1. The first-order valence-corrected chi connectivity index (χ1v) is 8.39. The van der Waals surface area contributed by atoms with Crippen LogP contribution in [0.1, 0.15) is 40.2 Å². The predicted octanol–water partition coefficient (Wildman–Crippen LogP) is 4.33. The van der Waals surface area contributed by atoms with Crippen LogP contribution in [-0.2, 0) is 6.61 Å². The molecule has 0 fully saturated rings. The highest BCUT2D eigenvalue weighted by atomic mass is 32.1. The van der Waals surface area contributed by atoms with Gasteiger partial charge < -0.3 is 10.1 Å². The number of ether oxygens (including phenoxy) is 1. The average molecular weight is 317 g/mol. The lowest BCUT2D eigenvalue weighted by atomic mass is 10.1. The van der Waals surface area contributed by atoms with Crippen LogP contribution >= 0.6 is 11.3 Å². The number of thiophene rings is 1. The summed E-state index contributed by atoms with van der Waals surface area (Å²) in [6, 6.07) is 8.08. The van der Waals surface area contributed by atoms with Gasteiger partial charge >= 0.3 is 0 Å². The SMILES string of the molecule is Cc1ccc(C)c(OCc2csc(C(=O)NCC(C)C)c2)c1. The lowest BCUT2D eigenvalue weighted by molar-refractivity contribution is 0.0953. The molecule has 22 heavy (non-hydrogen) atoms. The molecule has 0 spiro atoms. The van der Waals surface area contributed by atoms with Gasteiger partial charge in [0.25, 0.3) is 5.91 Å². The predicted molar refractivity (Wildman–Crippen MR) is 91.7 cm³/mol. The van der Waals surface area contributed by atoms with Crippen molar-refractivity contribution in [1.82, 2.24) is 5.32 Å². The maximum absolute atomic E-state index is 12.0. The molecular weight excluding hydrogens is 294 g/mol. The Labute approximate surface area is 136 Å². The van der Waals surface area contributed by atoms with Gasteiger partial charge in [-0.05, 0) is 48.4 Å². The quantitative estimate of drug-likeness (QED) is 0.861. The maximum Gasteiger partial charge on any atom is 0.261 e. The number of nitrogens with one attached hydrogen (secondary N) is 1. The molecule has 0 aliphatic heterocycles. The Morgan fingerprint density at radius 1 is 1.27 bits per heavy atom. The Kier molecular flexibility index (Phi) is 5.61. The highest BCUT2D eigenvalue weighted by molar-refractivity contribution is 7.12. The second-order valence-electron chi connectivity index (χ2n) is 5.98. The zero-order valence-corrected chi connectivity index (χ0v) is 14.4. The zero-order chi connectivity index (χ0) is 16.1. The van der Waals surface area contributed by atoms with E-state index >= 15 is 0 Å². The molecule has 0 atom stereocenters. The van der Waals surface area contributed by atoms with Crippen molar-refractivity contribution in [3.05, 3.63) is 51.2 Å². The van der Waals surface area contributed by atoms with Crippen LogP contribution in [-0.4, -0.2) is 12.5 Å². The molecule has 1 heterocycles. The molecule has 4 heteroatoms. The number of benzene rings is 1. The van der Waals surface area contributed by atoms with Crippen LogP contribution in [0.4, 0.5) is 0 Å². The summed E-state index contributed by atoms with van der Waals surface area (Å²) >= 11 is 1.46. The third kappa shape index (κ3) is 4.60. The topological polar surface area (TPSA) is 38.3 Å². The fourth-order valence-electron chi connectivity index (χ4n) is 1.98. The van der Waals surface area contributed by atoms with Crippen molar-refractivity contribution in [3.63, 3.8) is 0 Å². The Hall–Kier alpha value is -1.81. The molecular formula is C18H23NO2S. The van der Waals surface area contributed by atoms with E-state index in [1.807, 2.05) is 31.4 Å². The van der Waals surface area contributed by atoms with E-state index in [4.69, 9.17) is 4.74 Å². The summed E-state index contributed by atoms with van der Waals surface area (Å²) < 4.78 is 5.87. The first kappa shape index (κ1) is 16.6. The number of carbonyl (C=O) groups is 1. The molecule has 3 nitrogen and oxygen atoms in total. The van der Waals surface area contributed by atoms with Gasteiger partial charge in [0, 0.05) is 12.1 Å². The molecule has 0 bridgehead atoms. The molecule has 1 aromatic heterocycles. The third-order valence-electron chi connectivity index (χ3n) is 3.29. The third-order valence-corrected chi connectivity index (χ3v) is 4.26. The summed E-state index contributed by atoms with van der Waals surface area (Å²) in [4.78, 5) is 12.7. The van der Waals surface area contributed by atoms with Gasteiger partial charge in [0.05, 0.1) is 4.88 Å². The molecule has 0 radical (unpaired) electrons. The van der Waals surface area contributed by atoms with Crippen LogP contribution in [0.25, 0.3) is 0 Å². The Morgan fingerprint density at radius 3 is 2.77 bits per heavy atom. The van der Waals surface area contributed by atoms with Crippen LogP contribution in [0.5, 0.6) is 5.75 Å². The van der Waals surface area contributed by atoms with Gasteiger partial charge in [-0.1, -0.05) is 26.0 Å². The fourth-order valence-corrected chi connectivity index (χ4v) is 2.79. The van der Waals surface area contributed by atoms with Crippen LogP contribution in [0.2, 0.25) is 0 Å². The van der Waals surface area contributed by atoms with E-state index in [1.54, 1.807) is 0 Å². The van der Waals surface area contributed by atoms with E-state index in [0.29, 0.717) is 19.1 Å². The van der Waals surface area contributed by atoms with Crippen LogP contribution < -0.4 is 10.1 Å². The van der Waals surface area contributed by atoms with Crippen molar-refractivity contribution in [2.24, 2.45) is 5.92 Å². The van der Waals surface area contributed by atoms with E-state index in [1.165, 1.54) is 16.9 Å². The molecule has 1 aromatic carbocycles. The molecule has 1 amide bonds.